The van der Waals surface area contributed by atoms with Gasteiger partial charge in [-0.1, -0.05) is 39.0 Å². The monoisotopic (exact) mass is 419 g/mol. The molecule has 3 aromatic rings. The van der Waals surface area contributed by atoms with Crippen LogP contribution in [-0.2, 0) is 6.42 Å². The largest absolute Gasteiger partial charge is 0.478 e. The number of carbonyl (C=O) groups excluding carboxylic acids is 1. The quantitative estimate of drug-likeness (QED) is 0.467. The first-order valence-electron chi connectivity index (χ1n) is 9.33. The molecule has 0 aliphatic carbocycles. The molecule has 0 spiro atoms. The molecule has 28 heavy (non-hydrogen) atoms. The average Bonchev–Trinajstić information content (AvgIpc) is 3.35. The van der Waals surface area contributed by atoms with Crippen molar-refractivity contribution in [2.45, 2.75) is 51.9 Å². The Balaban J connectivity index is 0.000000203. The third-order valence-electron chi connectivity index (χ3n) is 4.29. The number of nitrogens with two attached hydrogens (primary N) is 1. The first-order chi connectivity index (χ1) is 13.5. The Hall–Kier alpha value is -2.32. The fourth-order valence-electron chi connectivity index (χ4n) is 2.76. The van der Waals surface area contributed by atoms with Crippen LogP contribution in [-0.4, -0.2) is 25.7 Å². The molecule has 0 saturated heterocycles. The molecule has 0 saturated carbocycles. The molecule has 3 rings (SSSR count). The van der Waals surface area contributed by atoms with E-state index < -0.39 is 11.9 Å². The number of primary amides is 1. The van der Waals surface area contributed by atoms with Crippen molar-refractivity contribution >= 4 is 46.0 Å². The second-order valence-electron chi connectivity index (χ2n) is 6.47. The highest BCUT2D eigenvalue weighted by molar-refractivity contribution is 7.07. The van der Waals surface area contributed by atoms with Crippen molar-refractivity contribution in [3.8, 4) is 0 Å². The lowest BCUT2D eigenvalue weighted by Crippen LogP contribution is -2.16. The van der Waals surface area contributed by atoms with Crippen molar-refractivity contribution in [1.29, 1.82) is 0 Å². The van der Waals surface area contributed by atoms with Gasteiger partial charge in [0.25, 0.3) is 0 Å². The molecule has 0 radical (unpaired) electrons. The van der Waals surface area contributed by atoms with Crippen LogP contribution in [0.1, 0.15) is 71.7 Å². The van der Waals surface area contributed by atoms with E-state index in [0.717, 1.165) is 11.7 Å². The van der Waals surface area contributed by atoms with Gasteiger partial charge in [-0.15, -0.1) is 0 Å². The van der Waals surface area contributed by atoms with Crippen LogP contribution in [0.3, 0.4) is 0 Å². The third-order valence-corrected chi connectivity index (χ3v) is 5.58. The Morgan fingerprint density at radius 1 is 1.04 bits per heavy atom. The highest BCUT2D eigenvalue weighted by atomic mass is 32.1. The number of rotatable bonds is 9. The van der Waals surface area contributed by atoms with Crippen molar-refractivity contribution in [1.82, 2.24) is 8.75 Å². The van der Waals surface area contributed by atoms with Crippen LogP contribution >= 0.6 is 23.1 Å². The van der Waals surface area contributed by atoms with Gasteiger partial charge in [0.05, 0.1) is 22.9 Å². The maximum absolute atomic E-state index is 11.0. The topological polar surface area (TPSA) is 106 Å². The van der Waals surface area contributed by atoms with Crippen LogP contribution < -0.4 is 5.73 Å². The SMILES string of the molecule is CCCCCCCCc1ccsc1.NC(=O)c1cc2nsnc2cc1C(=O)O. The summed E-state index contributed by atoms with van der Waals surface area (Å²) in [5, 5.41) is 13.3. The van der Waals surface area contributed by atoms with Gasteiger partial charge >= 0.3 is 5.97 Å². The van der Waals surface area contributed by atoms with Gasteiger partial charge in [-0.25, -0.2) is 4.79 Å². The number of thiophene rings is 1. The molecule has 0 bridgehead atoms. The number of aromatic nitrogens is 2. The highest BCUT2D eigenvalue weighted by Crippen LogP contribution is 2.18. The molecule has 2 aromatic heterocycles. The zero-order valence-corrected chi connectivity index (χ0v) is 17.5. The number of nitrogens with zero attached hydrogens (tertiary/aromatic N) is 2. The summed E-state index contributed by atoms with van der Waals surface area (Å²) in [6, 6.07) is 4.88. The molecule has 6 nitrogen and oxygen atoms in total. The number of fused-ring (bicyclic) bond motifs is 1. The lowest BCUT2D eigenvalue weighted by molar-refractivity contribution is 0.0692. The van der Waals surface area contributed by atoms with Crippen LogP contribution in [0.2, 0.25) is 0 Å². The predicted octanol–water partition coefficient (Wildman–Crippen LogP) is 5.14. The van der Waals surface area contributed by atoms with Crippen molar-refractivity contribution in [2.75, 3.05) is 0 Å². The Bertz CT molecular complexity index is 843. The van der Waals surface area contributed by atoms with Gasteiger partial charge in [-0.3, -0.25) is 4.79 Å². The van der Waals surface area contributed by atoms with E-state index >= 15 is 0 Å². The first kappa shape index (κ1) is 22.0. The molecule has 150 valence electrons. The molecular weight excluding hydrogens is 394 g/mol. The number of unbranched alkanes of at least 4 members (excludes halogenated alkanes) is 5. The van der Waals surface area contributed by atoms with E-state index in [4.69, 9.17) is 10.8 Å². The molecule has 2 heterocycles. The van der Waals surface area contributed by atoms with E-state index in [1.54, 1.807) is 0 Å². The lowest BCUT2D eigenvalue weighted by Gasteiger charge is -2.00. The maximum atomic E-state index is 11.0. The van der Waals surface area contributed by atoms with E-state index in [1.165, 1.54) is 62.6 Å². The number of carboxylic acids is 1. The summed E-state index contributed by atoms with van der Waals surface area (Å²) in [5.74, 6) is -2.00. The van der Waals surface area contributed by atoms with Gasteiger partial charge in [-0.05, 0) is 47.4 Å². The first-order valence-corrected chi connectivity index (χ1v) is 11.0. The number of benzene rings is 1. The van der Waals surface area contributed by atoms with Crippen LogP contribution in [0.15, 0.2) is 29.0 Å². The second kappa shape index (κ2) is 11.5. The molecule has 0 unspecified atom stereocenters. The third kappa shape index (κ3) is 6.69. The van der Waals surface area contributed by atoms with Gasteiger partial charge in [0.2, 0.25) is 5.91 Å². The Morgan fingerprint density at radius 2 is 1.68 bits per heavy atom. The molecule has 8 heteroatoms. The Morgan fingerprint density at radius 3 is 2.25 bits per heavy atom. The molecule has 0 atom stereocenters. The van der Waals surface area contributed by atoms with Crippen LogP contribution in [0.4, 0.5) is 0 Å². The molecule has 0 fully saturated rings. The van der Waals surface area contributed by atoms with Gasteiger partial charge in [0.1, 0.15) is 11.0 Å². The summed E-state index contributed by atoms with van der Waals surface area (Å²) in [5.41, 5.74) is 7.31. The maximum Gasteiger partial charge on any atom is 0.336 e. The average molecular weight is 420 g/mol. The molecule has 1 aromatic carbocycles. The van der Waals surface area contributed by atoms with Crippen molar-refractivity contribution in [3.05, 3.63) is 45.6 Å². The molecule has 1 amide bonds. The van der Waals surface area contributed by atoms with Gasteiger partial charge in [0, 0.05) is 0 Å². The number of hydrogen-bond acceptors (Lipinski definition) is 6. The summed E-state index contributed by atoms with van der Waals surface area (Å²) in [6.07, 6.45) is 9.70. The van der Waals surface area contributed by atoms with E-state index in [0.29, 0.717) is 11.0 Å². The summed E-state index contributed by atoms with van der Waals surface area (Å²) in [7, 11) is 0. The number of carboxylic acid groups (broad SMARTS) is 1. The van der Waals surface area contributed by atoms with Crippen molar-refractivity contribution < 1.29 is 14.7 Å². The predicted molar refractivity (Wildman–Crippen MR) is 114 cm³/mol. The van der Waals surface area contributed by atoms with Gasteiger partial charge < -0.3 is 10.8 Å². The fraction of sp³-hybridized carbons (Fsp3) is 0.400. The zero-order chi connectivity index (χ0) is 20.4. The smallest absolute Gasteiger partial charge is 0.336 e. The van der Waals surface area contributed by atoms with Crippen molar-refractivity contribution in [2.24, 2.45) is 5.73 Å². The fourth-order valence-corrected chi connectivity index (χ4v) is 3.97. The van der Waals surface area contributed by atoms with E-state index in [2.05, 4.69) is 32.5 Å². The summed E-state index contributed by atoms with van der Waals surface area (Å²) >= 11 is 2.76. The second-order valence-corrected chi connectivity index (χ2v) is 7.78. The number of hydrogen-bond donors (Lipinski definition) is 2. The van der Waals surface area contributed by atoms with Gasteiger partial charge in [-0.2, -0.15) is 20.1 Å². The zero-order valence-electron chi connectivity index (χ0n) is 15.9. The van der Waals surface area contributed by atoms with E-state index in [1.807, 2.05) is 11.3 Å². The summed E-state index contributed by atoms with van der Waals surface area (Å²) in [6.45, 7) is 2.27. The Kier molecular flexibility index (Phi) is 9.03. The summed E-state index contributed by atoms with van der Waals surface area (Å²) < 4.78 is 7.77. The normalized spacial score (nSPS) is 10.5. The number of aryl methyl sites for hydroxylation is 1. The standard InChI is InChI=1S/C12H20S.C8H5N3O3S/c1-2-3-4-5-6-7-8-12-9-10-13-11-12;9-7(12)3-1-5-6(11-15-10-5)2-4(3)8(13)14/h9-11H,2-8H2,1H3;1-2H,(H2,9,12)(H,13,14). The minimum Gasteiger partial charge on any atom is -0.478 e. The molecular formula is C20H25N3O3S2. The van der Waals surface area contributed by atoms with E-state index in [-0.39, 0.29) is 11.1 Å². The number of carbonyl (C=O) groups is 2. The number of aromatic carboxylic acids is 1. The van der Waals surface area contributed by atoms with E-state index in [9.17, 15) is 9.59 Å². The summed E-state index contributed by atoms with van der Waals surface area (Å²) in [4.78, 5) is 21.8. The molecule has 3 N–H and O–H groups in total. The van der Waals surface area contributed by atoms with Gasteiger partial charge in [0.15, 0.2) is 0 Å². The lowest BCUT2D eigenvalue weighted by atomic mass is 10.1. The van der Waals surface area contributed by atoms with Crippen molar-refractivity contribution in [3.63, 3.8) is 0 Å². The molecule has 0 aliphatic heterocycles. The van der Waals surface area contributed by atoms with Crippen LogP contribution in [0.5, 0.6) is 0 Å². The Labute approximate surface area is 172 Å². The van der Waals surface area contributed by atoms with Crippen LogP contribution in [0.25, 0.3) is 11.0 Å². The minimum absolute atomic E-state index is 0.0531. The highest BCUT2D eigenvalue weighted by Gasteiger charge is 2.16. The molecule has 0 aliphatic rings. The number of amides is 1. The minimum atomic E-state index is -1.21. The van der Waals surface area contributed by atoms with Crippen LogP contribution in [0, 0.1) is 0 Å².